The first-order chi connectivity index (χ1) is 12.6. The molecule has 1 aromatic heterocycles. The molecule has 160 valence electrons. The SMILES string of the molecule is CN=C(NCc1cccc(C)n1)NCC1CCN(S(=O)(=O)C(F)(F)F)CC1.I. The summed E-state index contributed by atoms with van der Waals surface area (Å²) >= 11 is 0. The highest BCUT2D eigenvalue weighted by Gasteiger charge is 2.50. The monoisotopic (exact) mass is 535 g/mol. The molecule has 0 radical (unpaired) electrons. The lowest BCUT2D eigenvalue weighted by Crippen LogP contribution is -2.47. The van der Waals surface area contributed by atoms with Gasteiger partial charge in [-0.15, -0.1) is 24.0 Å². The Kier molecular flexibility index (Phi) is 9.40. The molecule has 2 rings (SSSR count). The number of pyridine rings is 1. The van der Waals surface area contributed by atoms with Crippen LogP contribution in [0.15, 0.2) is 23.2 Å². The van der Waals surface area contributed by atoms with E-state index in [1.165, 1.54) is 0 Å². The van der Waals surface area contributed by atoms with Crippen molar-refractivity contribution in [3.05, 3.63) is 29.6 Å². The molecule has 2 heterocycles. The third-order valence-corrected chi connectivity index (χ3v) is 6.00. The molecule has 1 aliphatic rings. The summed E-state index contributed by atoms with van der Waals surface area (Å²) in [4.78, 5) is 8.49. The van der Waals surface area contributed by atoms with Gasteiger partial charge in [-0.05, 0) is 37.8 Å². The Labute approximate surface area is 180 Å². The number of sulfonamides is 1. The van der Waals surface area contributed by atoms with Crippen LogP contribution in [0.2, 0.25) is 0 Å². The van der Waals surface area contributed by atoms with Crippen LogP contribution in [-0.2, 0) is 16.6 Å². The fourth-order valence-corrected chi connectivity index (χ4v) is 3.82. The number of nitrogens with zero attached hydrogens (tertiary/aromatic N) is 3. The standard InChI is InChI=1S/C16H24F3N5O2S.HI/c1-12-4-3-5-14(23-12)11-22-15(20-2)21-10-13-6-8-24(9-7-13)27(25,26)16(17,18)19;/h3-5,13H,6-11H2,1-2H3,(H2,20,21,22);1H. The molecule has 0 aromatic carbocycles. The zero-order valence-corrected chi connectivity index (χ0v) is 18.8. The van der Waals surface area contributed by atoms with E-state index in [1.807, 2.05) is 25.1 Å². The number of hydrogen-bond donors (Lipinski definition) is 2. The summed E-state index contributed by atoms with van der Waals surface area (Å²) in [5.41, 5.74) is -3.46. The predicted molar refractivity (Wildman–Crippen MR) is 112 cm³/mol. The van der Waals surface area contributed by atoms with Gasteiger partial charge >= 0.3 is 15.5 Å². The van der Waals surface area contributed by atoms with Crippen molar-refractivity contribution in [1.82, 2.24) is 19.9 Å². The molecule has 28 heavy (non-hydrogen) atoms. The molecular formula is C16H25F3IN5O2S. The van der Waals surface area contributed by atoms with Crippen LogP contribution in [-0.4, -0.2) is 55.9 Å². The second-order valence-corrected chi connectivity index (χ2v) is 8.30. The van der Waals surface area contributed by atoms with Crippen molar-refractivity contribution in [3.63, 3.8) is 0 Å². The molecule has 1 fully saturated rings. The van der Waals surface area contributed by atoms with E-state index in [1.54, 1.807) is 7.05 Å². The Balaban J connectivity index is 0.00000392. The number of aromatic nitrogens is 1. The van der Waals surface area contributed by atoms with Gasteiger partial charge in [0.1, 0.15) is 0 Å². The summed E-state index contributed by atoms with van der Waals surface area (Å²) in [5, 5.41) is 6.26. The Hall–Kier alpha value is -1.15. The van der Waals surface area contributed by atoms with E-state index in [2.05, 4.69) is 20.6 Å². The maximum absolute atomic E-state index is 12.6. The normalized spacial score (nSPS) is 17.1. The Morgan fingerprint density at radius 2 is 1.93 bits per heavy atom. The average molecular weight is 535 g/mol. The Morgan fingerprint density at radius 1 is 1.29 bits per heavy atom. The maximum atomic E-state index is 12.6. The topological polar surface area (TPSA) is 86.7 Å². The number of alkyl halides is 3. The zero-order valence-electron chi connectivity index (χ0n) is 15.7. The molecule has 1 aromatic rings. The number of piperidine rings is 1. The highest BCUT2D eigenvalue weighted by molar-refractivity contribution is 14.0. The van der Waals surface area contributed by atoms with Gasteiger partial charge in [0.25, 0.3) is 0 Å². The summed E-state index contributed by atoms with van der Waals surface area (Å²) in [7, 11) is -3.61. The molecule has 2 N–H and O–H groups in total. The van der Waals surface area contributed by atoms with Crippen LogP contribution in [0, 0.1) is 12.8 Å². The molecule has 0 unspecified atom stereocenters. The van der Waals surface area contributed by atoms with Crippen molar-refractivity contribution in [2.45, 2.75) is 31.8 Å². The number of hydrogen-bond acceptors (Lipinski definition) is 4. The third kappa shape index (κ3) is 6.72. The minimum atomic E-state index is -5.24. The van der Waals surface area contributed by atoms with Crippen molar-refractivity contribution >= 4 is 40.0 Å². The van der Waals surface area contributed by atoms with Crippen LogP contribution < -0.4 is 10.6 Å². The molecule has 1 saturated heterocycles. The third-order valence-electron chi connectivity index (χ3n) is 4.37. The first kappa shape index (κ1) is 24.9. The van der Waals surface area contributed by atoms with E-state index in [0.717, 1.165) is 11.4 Å². The van der Waals surface area contributed by atoms with Gasteiger partial charge in [-0.2, -0.15) is 17.5 Å². The van der Waals surface area contributed by atoms with Gasteiger partial charge in [0.15, 0.2) is 5.96 Å². The minimum absolute atomic E-state index is 0. The molecule has 0 atom stereocenters. The van der Waals surface area contributed by atoms with Gasteiger partial charge in [0, 0.05) is 32.4 Å². The van der Waals surface area contributed by atoms with Gasteiger partial charge in [0.05, 0.1) is 12.2 Å². The fourth-order valence-electron chi connectivity index (χ4n) is 2.83. The van der Waals surface area contributed by atoms with Crippen molar-refractivity contribution < 1.29 is 21.6 Å². The molecule has 0 saturated carbocycles. The van der Waals surface area contributed by atoms with E-state index in [4.69, 9.17) is 0 Å². The molecule has 0 amide bonds. The van der Waals surface area contributed by atoms with E-state index in [9.17, 15) is 21.6 Å². The lowest BCUT2D eigenvalue weighted by molar-refractivity contribution is -0.0496. The predicted octanol–water partition coefficient (Wildman–Crippen LogP) is 2.23. The number of rotatable bonds is 5. The van der Waals surface area contributed by atoms with Gasteiger partial charge in [-0.3, -0.25) is 9.98 Å². The van der Waals surface area contributed by atoms with Gasteiger partial charge in [0.2, 0.25) is 0 Å². The molecule has 0 aliphatic carbocycles. The van der Waals surface area contributed by atoms with Crippen LogP contribution in [0.3, 0.4) is 0 Å². The van der Waals surface area contributed by atoms with Crippen LogP contribution in [0.1, 0.15) is 24.2 Å². The van der Waals surface area contributed by atoms with Crippen LogP contribution in [0.4, 0.5) is 13.2 Å². The first-order valence-electron chi connectivity index (χ1n) is 8.57. The Morgan fingerprint density at radius 3 is 2.46 bits per heavy atom. The highest BCUT2D eigenvalue weighted by atomic mass is 127. The average Bonchev–Trinajstić information content (AvgIpc) is 2.61. The summed E-state index contributed by atoms with van der Waals surface area (Å²) in [5.74, 6) is 0.629. The van der Waals surface area contributed by atoms with Crippen LogP contribution in [0.25, 0.3) is 0 Å². The second kappa shape index (κ2) is 10.6. The first-order valence-corrected chi connectivity index (χ1v) is 10.0. The van der Waals surface area contributed by atoms with Gasteiger partial charge < -0.3 is 10.6 Å². The second-order valence-electron chi connectivity index (χ2n) is 6.37. The molecule has 7 nitrogen and oxygen atoms in total. The molecule has 1 aliphatic heterocycles. The number of aryl methyl sites for hydroxylation is 1. The number of aliphatic imine (C=N–C) groups is 1. The smallest absolute Gasteiger partial charge is 0.356 e. The van der Waals surface area contributed by atoms with E-state index in [0.29, 0.717) is 36.2 Å². The van der Waals surface area contributed by atoms with Crippen LogP contribution >= 0.6 is 24.0 Å². The van der Waals surface area contributed by atoms with Crippen molar-refractivity contribution in [3.8, 4) is 0 Å². The molecule has 0 spiro atoms. The summed E-state index contributed by atoms with van der Waals surface area (Å²) in [6.07, 6.45) is 0.720. The largest absolute Gasteiger partial charge is 0.511 e. The Bertz CT molecular complexity index is 766. The van der Waals surface area contributed by atoms with Gasteiger partial charge in [-0.25, -0.2) is 8.42 Å². The summed E-state index contributed by atoms with van der Waals surface area (Å²) in [6.45, 7) is 2.63. The van der Waals surface area contributed by atoms with Crippen molar-refractivity contribution in [1.29, 1.82) is 0 Å². The number of nitrogens with one attached hydrogen (secondary N) is 2. The lowest BCUT2D eigenvalue weighted by Gasteiger charge is -2.31. The van der Waals surface area contributed by atoms with E-state index < -0.39 is 15.5 Å². The minimum Gasteiger partial charge on any atom is -0.356 e. The summed E-state index contributed by atoms with van der Waals surface area (Å²) in [6, 6.07) is 5.71. The van der Waals surface area contributed by atoms with Crippen molar-refractivity contribution in [2.75, 3.05) is 26.7 Å². The maximum Gasteiger partial charge on any atom is 0.511 e. The number of halogens is 4. The number of guanidine groups is 1. The summed E-state index contributed by atoms with van der Waals surface area (Å²) < 4.78 is 61.1. The fraction of sp³-hybridized carbons (Fsp3) is 0.625. The highest BCUT2D eigenvalue weighted by Crippen LogP contribution is 2.30. The quantitative estimate of drug-likeness (QED) is 0.343. The molecular weight excluding hydrogens is 510 g/mol. The van der Waals surface area contributed by atoms with Gasteiger partial charge in [-0.1, -0.05) is 6.07 Å². The lowest BCUT2D eigenvalue weighted by atomic mass is 9.98. The van der Waals surface area contributed by atoms with E-state index >= 15 is 0 Å². The molecule has 0 bridgehead atoms. The van der Waals surface area contributed by atoms with E-state index in [-0.39, 0.29) is 43.0 Å². The molecule has 12 heteroatoms. The van der Waals surface area contributed by atoms with Crippen LogP contribution in [0.5, 0.6) is 0 Å². The van der Waals surface area contributed by atoms with Crippen molar-refractivity contribution in [2.24, 2.45) is 10.9 Å². The zero-order chi connectivity index (χ0) is 20.1.